The van der Waals surface area contributed by atoms with Gasteiger partial charge in [0.2, 0.25) is 0 Å². The summed E-state index contributed by atoms with van der Waals surface area (Å²) < 4.78 is 33.4. The van der Waals surface area contributed by atoms with E-state index in [9.17, 15) is 8.42 Å². The molecule has 6 nitrogen and oxygen atoms in total. The monoisotopic (exact) mass is 281 g/mol. The lowest BCUT2D eigenvalue weighted by Crippen LogP contribution is -2.43. The van der Waals surface area contributed by atoms with Crippen LogP contribution in [0.25, 0.3) is 0 Å². The third-order valence-corrected chi connectivity index (χ3v) is 4.44. The van der Waals surface area contributed by atoms with Gasteiger partial charge in [0.05, 0.1) is 30.5 Å². The standard InChI is InChI=1S/C12H15N3O3S/c1-10-2-3-11(9-13)8-12(10)14-19(16,17)15-4-6-18-7-5-15/h2-3,8,14H,4-7H2,1H3. The summed E-state index contributed by atoms with van der Waals surface area (Å²) in [5.74, 6) is 0. The minimum atomic E-state index is -3.59. The molecule has 0 atom stereocenters. The Balaban J connectivity index is 2.22. The van der Waals surface area contributed by atoms with Gasteiger partial charge in [-0.05, 0) is 24.6 Å². The van der Waals surface area contributed by atoms with Gasteiger partial charge in [-0.1, -0.05) is 6.07 Å². The average Bonchev–Trinajstić information content (AvgIpc) is 2.42. The van der Waals surface area contributed by atoms with E-state index in [0.717, 1.165) is 5.56 Å². The molecule has 2 rings (SSSR count). The zero-order valence-electron chi connectivity index (χ0n) is 10.6. The van der Waals surface area contributed by atoms with Gasteiger partial charge in [-0.15, -0.1) is 0 Å². The summed E-state index contributed by atoms with van der Waals surface area (Å²) in [6.07, 6.45) is 0. The Morgan fingerprint density at radius 3 is 2.68 bits per heavy atom. The number of hydrogen-bond donors (Lipinski definition) is 1. The van der Waals surface area contributed by atoms with Gasteiger partial charge >= 0.3 is 10.2 Å². The molecule has 0 bridgehead atoms. The molecule has 1 N–H and O–H groups in total. The van der Waals surface area contributed by atoms with Gasteiger partial charge in [-0.2, -0.15) is 18.0 Å². The molecule has 7 heteroatoms. The molecule has 102 valence electrons. The summed E-state index contributed by atoms with van der Waals surface area (Å²) in [6.45, 7) is 3.27. The maximum atomic E-state index is 12.2. The molecule has 1 fully saturated rings. The second-order valence-corrected chi connectivity index (χ2v) is 5.93. The molecular weight excluding hydrogens is 266 g/mol. The first-order chi connectivity index (χ1) is 9.03. The van der Waals surface area contributed by atoms with Crippen LogP contribution >= 0.6 is 0 Å². The molecule has 1 heterocycles. The zero-order valence-corrected chi connectivity index (χ0v) is 11.4. The molecular formula is C12H15N3O3S. The highest BCUT2D eigenvalue weighted by molar-refractivity contribution is 7.90. The van der Waals surface area contributed by atoms with E-state index >= 15 is 0 Å². The highest BCUT2D eigenvalue weighted by Crippen LogP contribution is 2.19. The average molecular weight is 281 g/mol. The summed E-state index contributed by atoms with van der Waals surface area (Å²) in [7, 11) is -3.59. The normalized spacial score (nSPS) is 16.8. The van der Waals surface area contributed by atoms with Crippen molar-refractivity contribution in [3.63, 3.8) is 0 Å². The highest BCUT2D eigenvalue weighted by Gasteiger charge is 2.24. The van der Waals surface area contributed by atoms with E-state index in [0.29, 0.717) is 37.6 Å². The lowest BCUT2D eigenvalue weighted by atomic mass is 10.1. The van der Waals surface area contributed by atoms with Crippen molar-refractivity contribution in [2.45, 2.75) is 6.92 Å². The number of aryl methyl sites for hydroxylation is 1. The molecule has 0 unspecified atom stereocenters. The van der Waals surface area contributed by atoms with Crippen molar-refractivity contribution in [3.8, 4) is 6.07 Å². The summed E-state index contributed by atoms with van der Waals surface area (Å²) in [6, 6.07) is 6.90. The van der Waals surface area contributed by atoms with Gasteiger partial charge in [0.1, 0.15) is 0 Å². The number of nitrogens with zero attached hydrogens (tertiary/aromatic N) is 2. The van der Waals surface area contributed by atoms with E-state index in [2.05, 4.69) is 4.72 Å². The van der Waals surface area contributed by atoms with E-state index in [1.165, 1.54) is 10.4 Å². The molecule has 1 aromatic rings. The molecule has 1 aliphatic rings. The quantitative estimate of drug-likeness (QED) is 0.890. The Labute approximate surface area is 112 Å². The number of anilines is 1. The number of nitrogens with one attached hydrogen (secondary N) is 1. The van der Waals surface area contributed by atoms with Crippen molar-refractivity contribution in [1.82, 2.24) is 4.31 Å². The van der Waals surface area contributed by atoms with E-state index in [-0.39, 0.29) is 0 Å². The Morgan fingerprint density at radius 1 is 1.37 bits per heavy atom. The van der Waals surface area contributed by atoms with Gasteiger partial charge in [0.15, 0.2) is 0 Å². The second kappa shape index (κ2) is 5.57. The van der Waals surface area contributed by atoms with Crippen molar-refractivity contribution in [1.29, 1.82) is 5.26 Å². The van der Waals surface area contributed by atoms with Crippen LogP contribution in [-0.4, -0.2) is 39.0 Å². The number of ether oxygens (including phenoxy) is 1. The van der Waals surface area contributed by atoms with Crippen molar-refractivity contribution in [3.05, 3.63) is 29.3 Å². The van der Waals surface area contributed by atoms with Crippen molar-refractivity contribution in [2.75, 3.05) is 31.0 Å². The predicted octanol–water partition coefficient (Wildman–Crippen LogP) is 0.856. The molecule has 0 aliphatic carbocycles. The number of benzene rings is 1. The number of morpholine rings is 1. The van der Waals surface area contributed by atoms with Crippen molar-refractivity contribution < 1.29 is 13.2 Å². The fourth-order valence-electron chi connectivity index (χ4n) is 1.79. The first-order valence-electron chi connectivity index (χ1n) is 5.89. The highest BCUT2D eigenvalue weighted by atomic mass is 32.2. The van der Waals surface area contributed by atoms with Crippen LogP contribution in [0.3, 0.4) is 0 Å². The van der Waals surface area contributed by atoms with Gasteiger partial charge in [-0.25, -0.2) is 0 Å². The summed E-state index contributed by atoms with van der Waals surface area (Å²) in [5.41, 5.74) is 1.63. The third kappa shape index (κ3) is 3.23. The van der Waals surface area contributed by atoms with Gasteiger partial charge in [0, 0.05) is 13.1 Å². The van der Waals surface area contributed by atoms with E-state index in [1.807, 2.05) is 6.07 Å². The lowest BCUT2D eigenvalue weighted by Gasteiger charge is -2.26. The van der Waals surface area contributed by atoms with Crippen LogP contribution in [0.1, 0.15) is 11.1 Å². The van der Waals surface area contributed by atoms with E-state index in [1.54, 1.807) is 19.1 Å². The minimum Gasteiger partial charge on any atom is -0.379 e. The van der Waals surface area contributed by atoms with Crippen LogP contribution in [0.5, 0.6) is 0 Å². The van der Waals surface area contributed by atoms with Crippen LogP contribution in [0.2, 0.25) is 0 Å². The molecule has 0 radical (unpaired) electrons. The maximum absolute atomic E-state index is 12.2. The summed E-state index contributed by atoms with van der Waals surface area (Å²) in [5, 5.41) is 8.85. The van der Waals surface area contributed by atoms with Crippen LogP contribution in [0.15, 0.2) is 18.2 Å². The van der Waals surface area contributed by atoms with Crippen LogP contribution in [0, 0.1) is 18.3 Å². The third-order valence-electron chi connectivity index (χ3n) is 2.92. The van der Waals surface area contributed by atoms with Crippen molar-refractivity contribution >= 4 is 15.9 Å². The maximum Gasteiger partial charge on any atom is 0.301 e. The predicted molar refractivity (Wildman–Crippen MR) is 70.8 cm³/mol. The minimum absolute atomic E-state index is 0.340. The Hall–Kier alpha value is -1.62. The first kappa shape index (κ1) is 13.8. The molecule has 0 amide bonds. The molecule has 0 spiro atoms. The SMILES string of the molecule is Cc1ccc(C#N)cc1NS(=O)(=O)N1CCOCC1. The smallest absolute Gasteiger partial charge is 0.301 e. The largest absolute Gasteiger partial charge is 0.379 e. The Morgan fingerprint density at radius 2 is 2.05 bits per heavy atom. The van der Waals surface area contributed by atoms with E-state index in [4.69, 9.17) is 10.00 Å². The van der Waals surface area contributed by atoms with Crippen LogP contribution in [0.4, 0.5) is 5.69 Å². The zero-order chi connectivity index (χ0) is 13.9. The number of rotatable bonds is 3. The number of hydrogen-bond acceptors (Lipinski definition) is 4. The molecule has 1 saturated heterocycles. The molecule has 0 saturated carbocycles. The fraction of sp³-hybridized carbons (Fsp3) is 0.417. The first-order valence-corrected chi connectivity index (χ1v) is 7.33. The number of nitriles is 1. The second-order valence-electron chi connectivity index (χ2n) is 4.26. The fourth-order valence-corrected chi connectivity index (χ4v) is 3.05. The van der Waals surface area contributed by atoms with Gasteiger partial charge < -0.3 is 4.74 Å². The Bertz CT molecular complexity index is 601. The van der Waals surface area contributed by atoms with Crippen LogP contribution < -0.4 is 4.72 Å². The van der Waals surface area contributed by atoms with Crippen molar-refractivity contribution in [2.24, 2.45) is 0 Å². The van der Waals surface area contributed by atoms with Crippen LogP contribution in [-0.2, 0) is 14.9 Å². The van der Waals surface area contributed by atoms with Gasteiger partial charge in [-0.3, -0.25) is 4.72 Å². The van der Waals surface area contributed by atoms with E-state index < -0.39 is 10.2 Å². The Kier molecular flexibility index (Phi) is 4.04. The lowest BCUT2D eigenvalue weighted by molar-refractivity contribution is 0.0733. The molecule has 1 aliphatic heterocycles. The summed E-state index contributed by atoms with van der Waals surface area (Å²) >= 11 is 0. The molecule has 19 heavy (non-hydrogen) atoms. The topological polar surface area (TPSA) is 82.4 Å². The molecule has 0 aromatic heterocycles. The summed E-state index contributed by atoms with van der Waals surface area (Å²) in [4.78, 5) is 0. The van der Waals surface area contributed by atoms with Gasteiger partial charge in [0.25, 0.3) is 0 Å². The molecule has 1 aromatic carbocycles.